The van der Waals surface area contributed by atoms with E-state index in [2.05, 4.69) is 41.4 Å². The van der Waals surface area contributed by atoms with Crippen LogP contribution in [0.25, 0.3) is 0 Å². The van der Waals surface area contributed by atoms with Crippen molar-refractivity contribution in [1.82, 2.24) is 15.1 Å². The highest BCUT2D eigenvalue weighted by molar-refractivity contribution is 5.89. The Morgan fingerprint density at radius 1 is 1.13 bits per heavy atom. The Morgan fingerprint density at radius 2 is 1.83 bits per heavy atom. The maximum absolute atomic E-state index is 13.0. The molecule has 1 atom stereocenters. The van der Waals surface area contributed by atoms with Crippen molar-refractivity contribution in [3.05, 3.63) is 35.4 Å². The largest absolute Gasteiger partial charge is 0.379 e. The van der Waals surface area contributed by atoms with Crippen molar-refractivity contribution in [3.8, 4) is 0 Å². The van der Waals surface area contributed by atoms with Gasteiger partial charge in [0, 0.05) is 44.7 Å². The molecule has 3 aliphatic rings. The van der Waals surface area contributed by atoms with Crippen LogP contribution in [0.4, 0.5) is 0 Å². The van der Waals surface area contributed by atoms with E-state index in [9.17, 15) is 9.59 Å². The van der Waals surface area contributed by atoms with Crippen molar-refractivity contribution in [3.63, 3.8) is 0 Å². The van der Waals surface area contributed by atoms with E-state index in [1.165, 1.54) is 24.8 Å². The van der Waals surface area contributed by atoms with Gasteiger partial charge in [0.25, 0.3) is 0 Å². The van der Waals surface area contributed by atoms with Crippen LogP contribution in [0.2, 0.25) is 0 Å². The number of amides is 2. The number of hydrogen-bond donors (Lipinski definition) is 1. The van der Waals surface area contributed by atoms with Crippen molar-refractivity contribution in [1.29, 1.82) is 0 Å². The molecule has 1 aliphatic carbocycles. The first-order chi connectivity index (χ1) is 14.6. The van der Waals surface area contributed by atoms with Crippen LogP contribution in [-0.4, -0.2) is 66.5 Å². The number of morpholine rings is 1. The molecule has 1 aromatic carbocycles. The molecule has 1 N–H and O–H groups in total. The molecule has 2 saturated heterocycles. The summed E-state index contributed by atoms with van der Waals surface area (Å²) in [7, 11) is 0. The summed E-state index contributed by atoms with van der Waals surface area (Å²) in [6, 6.07) is 8.25. The molecule has 0 unspecified atom stereocenters. The van der Waals surface area contributed by atoms with Gasteiger partial charge in [-0.15, -0.1) is 0 Å². The lowest BCUT2D eigenvalue weighted by Crippen LogP contribution is -2.60. The van der Waals surface area contributed by atoms with E-state index >= 15 is 0 Å². The standard InChI is InChI=1S/C24H35N3O3/c1-19-5-7-20(8-6-19)16-26-17-21(15-22(26)28)23(29)25-18-24(9-3-2-4-10-24)27-11-13-30-14-12-27/h5-8,21H,2-4,9-18H2,1H3,(H,25,29)/t21-/m1/s1. The van der Waals surface area contributed by atoms with Crippen LogP contribution >= 0.6 is 0 Å². The molecule has 1 aromatic rings. The first-order valence-electron chi connectivity index (χ1n) is 11.5. The van der Waals surface area contributed by atoms with Crippen molar-refractivity contribution >= 4 is 11.8 Å². The van der Waals surface area contributed by atoms with Crippen LogP contribution in [0.5, 0.6) is 0 Å². The fourth-order valence-electron chi connectivity index (χ4n) is 5.26. The molecule has 30 heavy (non-hydrogen) atoms. The first kappa shape index (κ1) is 21.3. The summed E-state index contributed by atoms with van der Waals surface area (Å²) >= 11 is 0. The smallest absolute Gasteiger partial charge is 0.225 e. The molecule has 0 radical (unpaired) electrons. The van der Waals surface area contributed by atoms with Gasteiger partial charge in [-0.3, -0.25) is 14.5 Å². The van der Waals surface area contributed by atoms with Gasteiger partial charge in [0.15, 0.2) is 0 Å². The summed E-state index contributed by atoms with van der Waals surface area (Å²) in [5.41, 5.74) is 2.38. The second kappa shape index (κ2) is 9.48. The monoisotopic (exact) mass is 413 g/mol. The van der Waals surface area contributed by atoms with Gasteiger partial charge in [-0.25, -0.2) is 0 Å². The van der Waals surface area contributed by atoms with Crippen LogP contribution in [-0.2, 0) is 20.9 Å². The van der Waals surface area contributed by atoms with Crippen molar-refractivity contribution in [2.45, 2.75) is 57.5 Å². The number of carbonyl (C=O) groups is 2. The van der Waals surface area contributed by atoms with Gasteiger partial charge >= 0.3 is 0 Å². The summed E-state index contributed by atoms with van der Waals surface area (Å²) in [5.74, 6) is -0.127. The number of likely N-dealkylation sites (tertiary alicyclic amines) is 1. The second-order valence-corrected chi connectivity index (χ2v) is 9.26. The van der Waals surface area contributed by atoms with E-state index in [0.717, 1.165) is 44.7 Å². The maximum Gasteiger partial charge on any atom is 0.225 e. The molecule has 2 aliphatic heterocycles. The van der Waals surface area contributed by atoms with E-state index in [1.807, 2.05) is 4.90 Å². The summed E-state index contributed by atoms with van der Waals surface area (Å²) in [6.45, 7) is 7.30. The number of carbonyl (C=O) groups excluding carboxylic acids is 2. The minimum atomic E-state index is -0.242. The predicted molar refractivity (Wildman–Crippen MR) is 116 cm³/mol. The highest BCUT2D eigenvalue weighted by Crippen LogP contribution is 2.34. The zero-order valence-corrected chi connectivity index (χ0v) is 18.2. The third-order valence-corrected chi connectivity index (χ3v) is 7.14. The molecular weight excluding hydrogens is 378 g/mol. The lowest BCUT2D eigenvalue weighted by Gasteiger charge is -2.48. The second-order valence-electron chi connectivity index (χ2n) is 9.26. The average Bonchev–Trinajstić information content (AvgIpc) is 3.15. The predicted octanol–water partition coefficient (Wildman–Crippen LogP) is 2.49. The topological polar surface area (TPSA) is 61.9 Å². The third kappa shape index (κ3) is 4.86. The van der Waals surface area contributed by atoms with E-state index in [4.69, 9.17) is 4.74 Å². The zero-order chi connectivity index (χ0) is 21.0. The number of hydrogen-bond acceptors (Lipinski definition) is 4. The Hall–Kier alpha value is -1.92. The molecule has 164 valence electrons. The Balaban J connectivity index is 1.33. The van der Waals surface area contributed by atoms with Gasteiger partial charge in [-0.2, -0.15) is 0 Å². The van der Waals surface area contributed by atoms with E-state index in [1.54, 1.807) is 0 Å². The number of rotatable bonds is 6. The highest BCUT2D eigenvalue weighted by Gasteiger charge is 2.40. The number of aryl methyl sites for hydroxylation is 1. The van der Waals surface area contributed by atoms with E-state index < -0.39 is 0 Å². The van der Waals surface area contributed by atoms with Gasteiger partial charge in [0.05, 0.1) is 19.1 Å². The Morgan fingerprint density at radius 3 is 2.53 bits per heavy atom. The van der Waals surface area contributed by atoms with Gasteiger partial charge in [0.2, 0.25) is 11.8 Å². The fourth-order valence-corrected chi connectivity index (χ4v) is 5.26. The highest BCUT2D eigenvalue weighted by atomic mass is 16.5. The molecule has 3 fully saturated rings. The molecular formula is C24H35N3O3. The van der Waals surface area contributed by atoms with Gasteiger partial charge in [0.1, 0.15) is 0 Å². The minimum Gasteiger partial charge on any atom is -0.379 e. The molecule has 0 spiro atoms. The molecule has 0 bridgehead atoms. The Kier molecular flexibility index (Phi) is 6.74. The molecule has 2 amide bonds. The number of ether oxygens (including phenoxy) is 1. The quantitative estimate of drug-likeness (QED) is 0.778. The molecule has 0 aromatic heterocycles. The van der Waals surface area contributed by atoms with E-state index in [-0.39, 0.29) is 23.3 Å². The molecule has 1 saturated carbocycles. The number of nitrogens with zero attached hydrogens (tertiary/aromatic N) is 2. The normalized spacial score (nSPS) is 24.8. The van der Waals surface area contributed by atoms with Crippen molar-refractivity contribution < 1.29 is 14.3 Å². The molecule has 4 rings (SSSR count). The molecule has 6 nitrogen and oxygen atoms in total. The molecule has 2 heterocycles. The van der Waals surface area contributed by atoms with Gasteiger partial charge in [-0.1, -0.05) is 49.1 Å². The van der Waals surface area contributed by atoms with Crippen molar-refractivity contribution in [2.75, 3.05) is 39.4 Å². The van der Waals surface area contributed by atoms with Crippen molar-refractivity contribution in [2.24, 2.45) is 5.92 Å². The maximum atomic E-state index is 13.0. The summed E-state index contributed by atoms with van der Waals surface area (Å²) < 4.78 is 5.55. The first-order valence-corrected chi connectivity index (χ1v) is 11.5. The van der Waals surface area contributed by atoms with Crippen LogP contribution in [0.3, 0.4) is 0 Å². The molecule has 6 heteroatoms. The van der Waals surface area contributed by atoms with Gasteiger partial charge < -0.3 is 15.0 Å². The number of nitrogens with one attached hydrogen (secondary N) is 1. The lowest BCUT2D eigenvalue weighted by atomic mass is 9.79. The number of benzene rings is 1. The fraction of sp³-hybridized carbons (Fsp3) is 0.667. The Labute approximate surface area is 179 Å². The summed E-state index contributed by atoms with van der Waals surface area (Å²) in [5, 5.41) is 3.24. The van der Waals surface area contributed by atoms with Crippen LogP contribution in [0.15, 0.2) is 24.3 Å². The SMILES string of the molecule is Cc1ccc(CN2C[C@H](C(=O)NCC3(N4CCOCC4)CCCCC3)CC2=O)cc1. The summed E-state index contributed by atoms with van der Waals surface area (Å²) in [4.78, 5) is 29.8. The van der Waals surface area contributed by atoms with Gasteiger partial charge in [-0.05, 0) is 25.3 Å². The average molecular weight is 414 g/mol. The lowest BCUT2D eigenvalue weighted by molar-refractivity contribution is -0.129. The zero-order valence-electron chi connectivity index (χ0n) is 18.2. The minimum absolute atomic E-state index is 0.0352. The third-order valence-electron chi connectivity index (χ3n) is 7.14. The Bertz CT molecular complexity index is 737. The summed E-state index contributed by atoms with van der Waals surface area (Å²) in [6.07, 6.45) is 6.32. The van der Waals surface area contributed by atoms with Crippen LogP contribution in [0.1, 0.15) is 49.7 Å². The van der Waals surface area contributed by atoms with Crippen LogP contribution in [0, 0.1) is 12.8 Å². The van der Waals surface area contributed by atoms with E-state index in [0.29, 0.717) is 26.1 Å². The van der Waals surface area contributed by atoms with Crippen LogP contribution < -0.4 is 5.32 Å².